The predicted octanol–water partition coefficient (Wildman–Crippen LogP) is 1.68. The van der Waals surface area contributed by atoms with E-state index in [2.05, 4.69) is 0 Å². The van der Waals surface area contributed by atoms with Crippen LogP contribution < -0.4 is 4.74 Å². The van der Waals surface area contributed by atoms with E-state index in [1.807, 2.05) is 0 Å². The zero-order valence-corrected chi connectivity index (χ0v) is 18.2. The minimum atomic E-state index is -0.504. The number of benzene rings is 1. The van der Waals surface area contributed by atoms with Crippen molar-refractivity contribution in [2.45, 2.75) is 12.8 Å². The summed E-state index contributed by atoms with van der Waals surface area (Å²) < 4.78 is 10.8. The van der Waals surface area contributed by atoms with Crippen LogP contribution in [-0.2, 0) is 19.1 Å². The molecule has 8 nitrogen and oxygen atoms in total. The highest BCUT2D eigenvalue weighted by molar-refractivity contribution is 6.42. The van der Waals surface area contributed by atoms with Gasteiger partial charge >= 0.3 is 11.8 Å². The Morgan fingerprint density at radius 1 is 0.900 bits per heavy atom. The lowest BCUT2D eigenvalue weighted by Gasteiger charge is -2.36. The van der Waals surface area contributed by atoms with Gasteiger partial charge in [0.1, 0.15) is 10.8 Å². The molecule has 0 atom stereocenters. The molecule has 2 fully saturated rings. The second-order valence-electron chi connectivity index (χ2n) is 7.08. The molecule has 2 aliphatic rings. The summed E-state index contributed by atoms with van der Waals surface area (Å²) in [5, 5.41) is 0.780. The molecule has 0 N–H and O–H groups in total. The van der Waals surface area contributed by atoms with Gasteiger partial charge in [0.2, 0.25) is 5.91 Å². The number of carbonyl (C=O) groups excluding carboxylic acids is 3. The van der Waals surface area contributed by atoms with E-state index in [-0.39, 0.29) is 5.91 Å². The van der Waals surface area contributed by atoms with Crippen LogP contribution in [0.2, 0.25) is 10.0 Å². The Morgan fingerprint density at radius 2 is 1.50 bits per heavy atom. The molecule has 2 aliphatic heterocycles. The quantitative estimate of drug-likeness (QED) is 0.496. The fourth-order valence-corrected chi connectivity index (χ4v) is 3.70. The van der Waals surface area contributed by atoms with E-state index in [0.717, 1.165) is 0 Å². The Hall–Kier alpha value is -2.03. The van der Waals surface area contributed by atoms with Crippen LogP contribution in [0.25, 0.3) is 0 Å². The molecule has 0 radical (unpaired) electrons. The van der Waals surface area contributed by atoms with Crippen molar-refractivity contribution in [2.75, 3.05) is 59.1 Å². The van der Waals surface area contributed by atoms with E-state index in [0.29, 0.717) is 87.7 Å². The first-order chi connectivity index (χ1) is 14.5. The second-order valence-corrected chi connectivity index (χ2v) is 7.87. The van der Waals surface area contributed by atoms with Crippen molar-refractivity contribution in [3.8, 4) is 5.75 Å². The van der Waals surface area contributed by atoms with Gasteiger partial charge in [0.05, 0.1) is 24.8 Å². The Balaban J connectivity index is 1.37. The summed E-state index contributed by atoms with van der Waals surface area (Å²) in [5.41, 5.74) is 0. The zero-order chi connectivity index (χ0) is 21.5. The number of hydrogen-bond acceptors (Lipinski definition) is 5. The first kappa shape index (κ1) is 22.7. The van der Waals surface area contributed by atoms with Crippen molar-refractivity contribution in [3.63, 3.8) is 0 Å². The average Bonchev–Trinajstić information content (AvgIpc) is 2.79. The monoisotopic (exact) mass is 457 g/mol. The maximum Gasteiger partial charge on any atom is 0.312 e. The number of piperazine rings is 1. The topological polar surface area (TPSA) is 79.4 Å². The molecule has 164 valence electrons. The van der Waals surface area contributed by atoms with Crippen molar-refractivity contribution in [1.29, 1.82) is 0 Å². The minimum absolute atomic E-state index is 0.00222. The van der Waals surface area contributed by atoms with Gasteiger partial charge in [-0.15, -0.1) is 0 Å². The van der Waals surface area contributed by atoms with Crippen LogP contribution in [0.1, 0.15) is 12.8 Å². The van der Waals surface area contributed by atoms with E-state index in [1.54, 1.807) is 23.1 Å². The van der Waals surface area contributed by atoms with Crippen LogP contribution in [0.5, 0.6) is 5.75 Å². The Bertz CT molecular complexity index is 778. The first-order valence-electron chi connectivity index (χ1n) is 9.98. The maximum absolute atomic E-state index is 12.4. The number of nitrogens with zero attached hydrogens (tertiary/aromatic N) is 3. The highest BCUT2D eigenvalue weighted by atomic mass is 35.5. The Morgan fingerprint density at radius 3 is 2.17 bits per heavy atom. The summed E-state index contributed by atoms with van der Waals surface area (Å²) in [6, 6.07) is 5.16. The molecule has 0 spiro atoms. The summed E-state index contributed by atoms with van der Waals surface area (Å²) >= 11 is 12.0. The molecule has 1 aromatic rings. The summed E-state index contributed by atoms with van der Waals surface area (Å²) in [6.07, 6.45) is 0.870. The molecule has 0 bridgehead atoms. The lowest BCUT2D eigenvalue weighted by molar-refractivity contribution is -0.155. The molecular formula is C20H25Cl2N3O5. The molecule has 3 amide bonds. The molecule has 2 saturated heterocycles. The van der Waals surface area contributed by atoms with E-state index in [1.165, 1.54) is 9.80 Å². The second kappa shape index (κ2) is 10.8. The molecule has 0 aliphatic carbocycles. The highest BCUT2D eigenvalue weighted by Gasteiger charge is 2.31. The van der Waals surface area contributed by atoms with Gasteiger partial charge in [0, 0.05) is 45.7 Å². The fraction of sp³-hybridized carbons (Fsp3) is 0.550. The Labute approximate surface area is 185 Å². The van der Waals surface area contributed by atoms with Crippen LogP contribution in [0.15, 0.2) is 18.2 Å². The number of rotatable bonds is 5. The van der Waals surface area contributed by atoms with Crippen LogP contribution in [-0.4, -0.2) is 91.5 Å². The van der Waals surface area contributed by atoms with Crippen LogP contribution in [0, 0.1) is 0 Å². The number of amides is 3. The molecular weight excluding hydrogens is 433 g/mol. The van der Waals surface area contributed by atoms with Gasteiger partial charge in [-0.25, -0.2) is 0 Å². The van der Waals surface area contributed by atoms with Gasteiger partial charge in [-0.3, -0.25) is 14.4 Å². The molecule has 0 aromatic heterocycles. The normalized spacial score (nSPS) is 17.1. The van der Waals surface area contributed by atoms with E-state index < -0.39 is 11.8 Å². The predicted molar refractivity (Wildman–Crippen MR) is 112 cm³/mol. The number of carbonyl (C=O) groups is 3. The maximum atomic E-state index is 12.4. The van der Waals surface area contributed by atoms with Crippen molar-refractivity contribution >= 4 is 40.9 Å². The van der Waals surface area contributed by atoms with Gasteiger partial charge in [0.15, 0.2) is 0 Å². The summed E-state index contributed by atoms with van der Waals surface area (Å²) in [6.45, 7) is 3.67. The van der Waals surface area contributed by atoms with E-state index >= 15 is 0 Å². The van der Waals surface area contributed by atoms with Crippen molar-refractivity contribution in [1.82, 2.24) is 14.7 Å². The zero-order valence-electron chi connectivity index (χ0n) is 16.6. The van der Waals surface area contributed by atoms with Crippen molar-refractivity contribution < 1.29 is 23.9 Å². The number of morpholine rings is 1. The lowest BCUT2D eigenvalue weighted by Crippen LogP contribution is -2.55. The standard InChI is InChI=1S/C20H25Cl2N3O5/c21-15-3-1-4-16(18(15)22)30-12-2-5-17(26)23-6-8-24(9-7-23)19(27)20(28)25-10-13-29-14-11-25/h1,3-4H,2,5-14H2. The molecule has 0 unspecified atom stereocenters. The number of halogens is 2. The van der Waals surface area contributed by atoms with Crippen molar-refractivity contribution in [3.05, 3.63) is 28.2 Å². The largest absolute Gasteiger partial charge is 0.492 e. The molecule has 30 heavy (non-hydrogen) atoms. The van der Waals surface area contributed by atoms with Crippen LogP contribution in [0.3, 0.4) is 0 Å². The lowest BCUT2D eigenvalue weighted by atomic mass is 10.2. The van der Waals surface area contributed by atoms with Gasteiger partial charge < -0.3 is 24.2 Å². The summed E-state index contributed by atoms with van der Waals surface area (Å²) in [4.78, 5) is 41.9. The number of hydrogen-bond donors (Lipinski definition) is 0. The van der Waals surface area contributed by atoms with Crippen molar-refractivity contribution in [2.24, 2.45) is 0 Å². The summed E-state index contributed by atoms with van der Waals surface area (Å²) in [7, 11) is 0. The van der Waals surface area contributed by atoms with Crippen LogP contribution >= 0.6 is 23.2 Å². The van der Waals surface area contributed by atoms with E-state index in [4.69, 9.17) is 32.7 Å². The molecule has 0 saturated carbocycles. The SMILES string of the molecule is O=C(CCCOc1cccc(Cl)c1Cl)N1CCN(C(=O)C(=O)N2CCOCC2)CC1. The van der Waals surface area contributed by atoms with Gasteiger partial charge in [-0.1, -0.05) is 29.3 Å². The fourth-order valence-electron chi connectivity index (χ4n) is 3.36. The van der Waals surface area contributed by atoms with Gasteiger partial charge in [-0.05, 0) is 18.6 Å². The Kier molecular flexibility index (Phi) is 8.18. The van der Waals surface area contributed by atoms with Gasteiger partial charge in [0.25, 0.3) is 0 Å². The summed E-state index contributed by atoms with van der Waals surface area (Å²) in [5.74, 6) is -0.498. The molecule has 10 heteroatoms. The highest BCUT2D eigenvalue weighted by Crippen LogP contribution is 2.31. The third-order valence-electron chi connectivity index (χ3n) is 5.11. The minimum Gasteiger partial charge on any atom is -0.492 e. The first-order valence-corrected chi connectivity index (χ1v) is 10.7. The molecule has 3 rings (SSSR count). The van der Waals surface area contributed by atoms with E-state index in [9.17, 15) is 14.4 Å². The smallest absolute Gasteiger partial charge is 0.312 e. The average molecular weight is 458 g/mol. The van der Waals surface area contributed by atoms with Crippen LogP contribution in [0.4, 0.5) is 0 Å². The van der Waals surface area contributed by atoms with Gasteiger partial charge in [-0.2, -0.15) is 0 Å². The third-order valence-corrected chi connectivity index (χ3v) is 5.91. The molecule has 1 aromatic carbocycles. The number of ether oxygens (including phenoxy) is 2. The third kappa shape index (κ3) is 5.77. The molecule has 2 heterocycles.